The third-order valence-electron chi connectivity index (χ3n) is 7.71. The van der Waals surface area contributed by atoms with Gasteiger partial charge < -0.3 is 19.1 Å². The van der Waals surface area contributed by atoms with E-state index in [-0.39, 0.29) is 31.5 Å². The Kier molecular flexibility index (Phi) is 7.58. The number of morpholine rings is 1. The summed E-state index contributed by atoms with van der Waals surface area (Å²) in [7, 11) is 1.57. The Labute approximate surface area is 223 Å². The van der Waals surface area contributed by atoms with Crippen LogP contribution in [0.25, 0.3) is 16.7 Å². The zero-order chi connectivity index (χ0) is 24.8. The number of anilines is 1. The minimum absolute atomic E-state index is 0. The lowest BCUT2D eigenvalue weighted by molar-refractivity contribution is -0.0807. The van der Waals surface area contributed by atoms with Crippen LogP contribution in [0, 0.1) is 6.92 Å². The van der Waals surface area contributed by atoms with Gasteiger partial charge >= 0.3 is 6.01 Å². The number of ether oxygens (including phenoxy) is 3. The Morgan fingerprint density at radius 3 is 2.59 bits per heavy atom. The van der Waals surface area contributed by atoms with Gasteiger partial charge in [-0.1, -0.05) is 0 Å². The Balaban J connectivity index is 0.00000280. The van der Waals surface area contributed by atoms with Gasteiger partial charge in [0.15, 0.2) is 5.82 Å². The second-order valence-corrected chi connectivity index (χ2v) is 10.1. The van der Waals surface area contributed by atoms with Gasteiger partial charge in [-0.2, -0.15) is 28.6 Å². The number of piperidine rings is 1. The van der Waals surface area contributed by atoms with E-state index in [1.54, 1.807) is 7.11 Å². The molecule has 3 atom stereocenters. The maximum absolute atomic E-state index is 15.5. The fourth-order valence-corrected chi connectivity index (χ4v) is 5.62. The minimum Gasteiger partial charge on any atom is -0.467 e. The fourth-order valence-electron chi connectivity index (χ4n) is 5.62. The molecule has 37 heavy (non-hydrogen) atoms. The molecule has 200 valence electrons. The van der Waals surface area contributed by atoms with Crippen LogP contribution >= 0.6 is 13.5 Å². The van der Waals surface area contributed by atoms with Crippen LogP contribution in [0.2, 0.25) is 0 Å². The van der Waals surface area contributed by atoms with Crippen LogP contribution in [0.1, 0.15) is 30.4 Å². The molecule has 3 aliphatic rings. The summed E-state index contributed by atoms with van der Waals surface area (Å²) in [5.74, 6) is 1.26. The van der Waals surface area contributed by atoms with E-state index >= 15 is 4.39 Å². The van der Waals surface area contributed by atoms with Gasteiger partial charge in [0.05, 0.1) is 50.8 Å². The molecule has 2 aromatic heterocycles. The molecule has 6 rings (SSSR count). The second-order valence-electron chi connectivity index (χ2n) is 10.1. The summed E-state index contributed by atoms with van der Waals surface area (Å²) in [4.78, 5) is 13.6. The van der Waals surface area contributed by atoms with Gasteiger partial charge in [0.1, 0.15) is 12.0 Å². The lowest BCUT2D eigenvalue weighted by atomic mass is 9.84. The van der Waals surface area contributed by atoms with Crippen LogP contribution in [-0.4, -0.2) is 96.1 Å². The zero-order valence-corrected chi connectivity index (χ0v) is 22.6. The van der Waals surface area contributed by atoms with Crippen molar-refractivity contribution in [2.24, 2.45) is 0 Å². The van der Waals surface area contributed by atoms with Crippen molar-refractivity contribution in [3.63, 3.8) is 0 Å². The van der Waals surface area contributed by atoms with Crippen LogP contribution in [0.4, 0.5) is 10.2 Å². The predicted molar refractivity (Wildman–Crippen MR) is 144 cm³/mol. The topological polar surface area (TPSA) is 77.8 Å². The number of hydrogen-bond acceptors (Lipinski definition) is 8. The maximum atomic E-state index is 15.5. The first-order valence-corrected chi connectivity index (χ1v) is 12.7. The van der Waals surface area contributed by atoms with Gasteiger partial charge in [0.25, 0.3) is 0 Å². The summed E-state index contributed by atoms with van der Waals surface area (Å²) in [5, 5.41) is 5.65. The van der Waals surface area contributed by atoms with Crippen LogP contribution < -0.4 is 9.64 Å². The molecule has 0 radical (unpaired) electrons. The van der Waals surface area contributed by atoms with E-state index in [1.807, 2.05) is 16.9 Å². The van der Waals surface area contributed by atoms with Crippen LogP contribution in [-0.2, 0) is 9.47 Å². The van der Waals surface area contributed by atoms with E-state index in [0.717, 1.165) is 67.1 Å². The number of alkyl halides is 1. The summed E-state index contributed by atoms with van der Waals surface area (Å²) >= 11 is 0. The monoisotopic (exact) mass is 530 g/mol. The first kappa shape index (κ1) is 26.1. The largest absolute Gasteiger partial charge is 0.467 e. The van der Waals surface area contributed by atoms with Gasteiger partial charge in [-0.15, -0.1) is 0 Å². The van der Waals surface area contributed by atoms with Crippen molar-refractivity contribution >= 4 is 30.2 Å². The number of methoxy groups -OCH3 is 1. The minimum atomic E-state index is -0.916. The van der Waals surface area contributed by atoms with Crippen LogP contribution in [0.15, 0.2) is 24.4 Å². The highest BCUT2D eigenvalue weighted by atomic mass is 32.1. The highest BCUT2D eigenvalue weighted by Gasteiger charge is 2.36. The zero-order valence-electron chi connectivity index (χ0n) is 21.6. The second kappa shape index (κ2) is 10.7. The number of aromatic nitrogens is 4. The summed E-state index contributed by atoms with van der Waals surface area (Å²) < 4.78 is 33.7. The standard InChI is InChI=1S/C26H33FN6O3.H2S/c1-16-8-18-11-28-33(25-10-24(29-26(30-25)34-3)32-6-7-36-17(2)12-32)23(18)9-21(16)20-4-5-31(13-22(20)27)19-14-35-15-19;/h8-11,17,19-20,22H,4-7,12-15H2,1-3H3;1H2/t17-,20?,22?;/m0./s1. The van der Waals surface area contributed by atoms with Crippen molar-refractivity contribution < 1.29 is 18.6 Å². The lowest BCUT2D eigenvalue weighted by Crippen LogP contribution is -2.54. The number of halogens is 1. The number of aryl methyl sites for hydroxylation is 1. The molecule has 5 heterocycles. The van der Waals surface area contributed by atoms with Crippen LogP contribution in [0.5, 0.6) is 6.01 Å². The van der Waals surface area contributed by atoms with Gasteiger partial charge in [-0.3, -0.25) is 4.90 Å². The molecule has 0 aliphatic carbocycles. The van der Waals surface area contributed by atoms with E-state index in [0.29, 0.717) is 25.0 Å². The Bertz CT molecular complexity index is 1250. The first-order valence-electron chi connectivity index (χ1n) is 12.7. The molecule has 2 unspecified atom stereocenters. The number of benzene rings is 1. The average molecular weight is 531 g/mol. The molecule has 9 nitrogen and oxygen atoms in total. The first-order chi connectivity index (χ1) is 17.5. The molecule has 0 saturated carbocycles. The third-order valence-corrected chi connectivity index (χ3v) is 7.71. The fraction of sp³-hybridized carbons (Fsp3) is 0.577. The molecule has 3 aliphatic heterocycles. The molecule has 0 bridgehead atoms. The predicted octanol–water partition coefficient (Wildman–Crippen LogP) is 3.00. The Morgan fingerprint density at radius 1 is 1.08 bits per heavy atom. The quantitative estimate of drug-likeness (QED) is 0.498. The summed E-state index contributed by atoms with van der Waals surface area (Å²) in [6, 6.07) is 6.79. The normalized spacial score (nSPS) is 25.1. The Hall–Kier alpha value is -2.47. The van der Waals surface area contributed by atoms with Crippen molar-refractivity contribution in [2.45, 2.75) is 44.5 Å². The van der Waals surface area contributed by atoms with Crippen molar-refractivity contribution in [1.82, 2.24) is 24.6 Å². The van der Waals surface area contributed by atoms with E-state index in [1.165, 1.54) is 0 Å². The smallest absolute Gasteiger partial charge is 0.320 e. The molecule has 3 fully saturated rings. The molecule has 1 aromatic carbocycles. The van der Waals surface area contributed by atoms with Crippen molar-refractivity contribution in [1.29, 1.82) is 0 Å². The van der Waals surface area contributed by atoms with Gasteiger partial charge in [-0.25, -0.2) is 9.07 Å². The van der Waals surface area contributed by atoms with Gasteiger partial charge in [-0.05, 0) is 50.1 Å². The molecular formula is C26H35FN6O3S. The van der Waals surface area contributed by atoms with E-state index < -0.39 is 6.17 Å². The average Bonchev–Trinajstić information content (AvgIpc) is 3.25. The maximum Gasteiger partial charge on any atom is 0.320 e. The summed E-state index contributed by atoms with van der Waals surface area (Å²) in [5.41, 5.74) is 3.04. The number of hydrogen-bond donors (Lipinski definition) is 0. The van der Waals surface area contributed by atoms with Crippen molar-refractivity contribution in [2.75, 3.05) is 58.0 Å². The Morgan fingerprint density at radius 2 is 1.89 bits per heavy atom. The number of nitrogens with zero attached hydrogens (tertiary/aromatic N) is 6. The highest BCUT2D eigenvalue weighted by molar-refractivity contribution is 7.59. The summed E-state index contributed by atoms with van der Waals surface area (Å²) in [6.45, 7) is 9.04. The molecule has 3 saturated heterocycles. The lowest BCUT2D eigenvalue weighted by Gasteiger charge is -2.43. The van der Waals surface area contributed by atoms with Crippen molar-refractivity contribution in [3.8, 4) is 11.8 Å². The number of fused-ring (bicyclic) bond motifs is 1. The highest BCUT2D eigenvalue weighted by Crippen LogP contribution is 2.36. The SMILES string of the molecule is COc1nc(N2CCO[C@@H](C)C2)cc(-n2ncc3cc(C)c(C4CCN(C5COC5)CC4F)cc32)n1.S. The van der Waals surface area contributed by atoms with E-state index in [2.05, 4.69) is 50.8 Å². The van der Waals surface area contributed by atoms with E-state index in [4.69, 9.17) is 14.2 Å². The molecule has 0 spiro atoms. The third kappa shape index (κ3) is 5.01. The van der Waals surface area contributed by atoms with E-state index in [9.17, 15) is 0 Å². The van der Waals surface area contributed by atoms with Gasteiger partial charge in [0.2, 0.25) is 0 Å². The molecular weight excluding hydrogens is 495 g/mol. The molecule has 3 aromatic rings. The molecule has 0 amide bonds. The number of likely N-dealkylation sites (tertiary alicyclic amines) is 1. The van der Waals surface area contributed by atoms with Gasteiger partial charge in [0, 0.05) is 37.0 Å². The molecule has 11 heteroatoms. The molecule has 0 N–H and O–H groups in total. The van der Waals surface area contributed by atoms with Crippen molar-refractivity contribution in [3.05, 3.63) is 35.5 Å². The van der Waals surface area contributed by atoms with Crippen LogP contribution in [0.3, 0.4) is 0 Å². The summed E-state index contributed by atoms with van der Waals surface area (Å²) in [6.07, 6.45) is 1.83. The number of rotatable bonds is 5.